The van der Waals surface area contributed by atoms with Gasteiger partial charge in [0.25, 0.3) is 5.91 Å². The molecule has 0 N–H and O–H groups in total. The molecule has 0 aliphatic carbocycles. The summed E-state index contributed by atoms with van der Waals surface area (Å²) in [6.07, 6.45) is 0.677. The molecular formula is C19H20N2O5. The van der Waals surface area contributed by atoms with Crippen molar-refractivity contribution in [3.05, 3.63) is 41.2 Å². The Balaban J connectivity index is 2.13. The van der Waals surface area contributed by atoms with Crippen molar-refractivity contribution in [3.63, 3.8) is 0 Å². The number of nitriles is 1. The van der Waals surface area contributed by atoms with Crippen LogP contribution < -0.4 is 4.74 Å². The van der Waals surface area contributed by atoms with Gasteiger partial charge >= 0.3 is 5.97 Å². The van der Waals surface area contributed by atoms with Gasteiger partial charge in [0.05, 0.1) is 25.3 Å². The average molecular weight is 356 g/mol. The predicted molar refractivity (Wildman–Crippen MR) is 91.0 cm³/mol. The lowest BCUT2D eigenvalue weighted by Gasteiger charge is -2.46. The summed E-state index contributed by atoms with van der Waals surface area (Å²) in [5.41, 5.74) is 0.201. The number of ether oxygens (including phenoxy) is 3. The van der Waals surface area contributed by atoms with Gasteiger partial charge in [0, 0.05) is 18.6 Å². The molecule has 0 fully saturated rings. The van der Waals surface area contributed by atoms with Gasteiger partial charge in [0.15, 0.2) is 6.10 Å². The zero-order chi connectivity index (χ0) is 19.1. The lowest BCUT2D eigenvalue weighted by molar-refractivity contribution is -0.171. The number of carbonyl (C=O) groups excluding carboxylic acids is 2. The van der Waals surface area contributed by atoms with Crippen LogP contribution in [0.25, 0.3) is 0 Å². The van der Waals surface area contributed by atoms with Crippen molar-refractivity contribution in [2.24, 2.45) is 0 Å². The minimum absolute atomic E-state index is 0.241. The van der Waals surface area contributed by atoms with Crippen molar-refractivity contribution in [2.45, 2.75) is 38.5 Å². The SMILES string of the molecule is COC1=CC(=O)N(C2c3cc(C#N)ccc3OC(C)(C)C2OC(C)=O)C1. The molecule has 7 heteroatoms. The smallest absolute Gasteiger partial charge is 0.303 e. The topological polar surface area (TPSA) is 88.9 Å². The zero-order valence-electron chi connectivity index (χ0n) is 15.1. The van der Waals surface area contributed by atoms with Crippen LogP contribution in [0.2, 0.25) is 0 Å². The minimum Gasteiger partial charge on any atom is -0.499 e. The van der Waals surface area contributed by atoms with E-state index in [1.807, 2.05) is 0 Å². The Morgan fingerprint density at radius 3 is 2.73 bits per heavy atom. The van der Waals surface area contributed by atoms with Gasteiger partial charge in [0.1, 0.15) is 23.2 Å². The Kier molecular flexibility index (Phi) is 4.36. The quantitative estimate of drug-likeness (QED) is 0.771. The number of amides is 1. The number of esters is 1. The summed E-state index contributed by atoms with van der Waals surface area (Å²) in [6.45, 7) is 5.18. The van der Waals surface area contributed by atoms with E-state index in [2.05, 4.69) is 6.07 Å². The maximum atomic E-state index is 12.6. The van der Waals surface area contributed by atoms with Gasteiger partial charge in [-0.15, -0.1) is 0 Å². The van der Waals surface area contributed by atoms with E-state index in [-0.39, 0.29) is 12.5 Å². The standard InChI is InChI=1S/C19H20N2O5/c1-11(22)25-18-17(21-10-13(24-4)8-16(21)23)14-7-12(9-20)5-6-15(14)26-19(18,2)3/h5-8,17-18H,10H2,1-4H3. The second-order valence-corrected chi connectivity index (χ2v) is 6.83. The monoisotopic (exact) mass is 356 g/mol. The third-order valence-electron chi connectivity index (χ3n) is 4.59. The zero-order valence-corrected chi connectivity index (χ0v) is 15.1. The van der Waals surface area contributed by atoms with Crippen LogP contribution in [-0.2, 0) is 19.1 Å². The number of carbonyl (C=O) groups is 2. The molecule has 0 bridgehead atoms. The predicted octanol–water partition coefficient (Wildman–Crippen LogP) is 2.07. The summed E-state index contributed by atoms with van der Waals surface area (Å²) in [6, 6.07) is 6.53. The summed E-state index contributed by atoms with van der Waals surface area (Å²) in [5.74, 6) is 0.373. The van der Waals surface area contributed by atoms with Crippen molar-refractivity contribution in [1.29, 1.82) is 5.26 Å². The van der Waals surface area contributed by atoms with Crippen LogP contribution in [0.4, 0.5) is 0 Å². The van der Waals surface area contributed by atoms with Crippen LogP contribution >= 0.6 is 0 Å². The fourth-order valence-electron chi connectivity index (χ4n) is 3.41. The minimum atomic E-state index is -0.867. The van der Waals surface area contributed by atoms with E-state index in [0.29, 0.717) is 22.6 Å². The summed E-state index contributed by atoms with van der Waals surface area (Å²) < 4.78 is 16.8. The van der Waals surface area contributed by atoms with Crippen LogP contribution in [0.3, 0.4) is 0 Å². The van der Waals surface area contributed by atoms with E-state index in [1.54, 1.807) is 36.9 Å². The Bertz CT molecular complexity index is 837. The van der Waals surface area contributed by atoms with Crippen LogP contribution in [-0.4, -0.2) is 42.1 Å². The van der Waals surface area contributed by atoms with E-state index in [4.69, 9.17) is 14.2 Å². The van der Waals surface area contributed by atoms with Gasteiger partial charge in [-0.05, 0) is 32.0 Å². The second kappa shape index (κ2) is 6.37. The number of nitrogens with zero attached hydrogens (tertiary/aromatic N) is 2. The van der Waals surface area contributed by atoms with Gasteiger partial charge in [-0.2, -0.15) is 5.26 Å². The largest absolute Gasteiger partial charge is 0.499 e. The highest BCUT2D eigenvalue weighted by atomic mass is 16.6. The summed E-state index contributed by atoms with van der Waals surface area (Å²) in [5, 5.41) is 9.25. The van der Waals surface area contributed by atoms with Gasteiger partial charge in [-0.25, -0.2) is 0 Å². The second-order valence-electron chi connectivity index (χ2n) is 6.83. The normalized spacial score (nSPS) is 23.4. The third-order valence-corrected chi connectivity index (χ3v) is 4.59. The summed E-state index contributed by atoms with van der Waals surface area (Å²) in [7, 11) is 1.50. The Morgan fingerprint density at radius 1 is 1.42 bits per heavy atom. The van der Waals surface area contributed by atoms with E-state index >= 15 is 0 Å². The lowest BCUT2D eigenvalue weighted by atomic mass is 9.84. The summed E-state index contributed by atoms with van der Waals surface area (Å²) in [4.78, 5) is 25.9. The molecule has 136 valence electrons. The molecule has 0 radical (unpaired) electrons. The van der Waals surface area contributed by atoms with E-state index in [1.165, 1.54) is 20.1 Å². The fraction of sp³-hybridized carbons (Fsp3) is 0.421. The lowest BCUT2D eigenvalue weighted by Crippen LogP contribution is -2.55. The summed E-state index contributed by atoms with van der Waals surface area (Å²) >= 11 is 0. The molecule has 0 aromatic heterocycles. The molecule has 1 aromatic rings. The number of hydrogen-bond acceptors (Lipinski definition) is 6. The number of hydrogen-bond donors (Lipinski definition) is 0. The first-order valence-corrected chi connectivity index (χ1v) is 8.22. The molecule has 1 aromatic carbocycles. The molecule has 7 nitrogen and oxygen atoms in total. The first kappa shape index (κ1) is 17.8. The van der Waals surface area contributed by atoms with Gasteiger partial charge in [-0.3, -0.25) is 9.59 Å². The Labute approximate surface area is 151 Å². The molecule has 0 saturated carbocycles. The van der Waals surface area contributed by atoms with Crippen LogP contribution in [0.1, 0.15) is 37.9 Å². The first-order chi connectivity index (χ1) is 12.3. The number of methoxy groups -OCH3 is 1. The molecule has 26 heavy (non-hydrogen) atoms. The van der Waals surface area contributed by atoms with Crippen molar-refractivity contribution in [2.75, 3.05) is 13.7 Å². The van der Waals surface area contributed by atoms with Gasteiger partial charge < -0.3 is 19.1 Å². The molecule has 2 aliphatic rings. The van der Waals surface area contributed by atoms with Crippen LogP contribution in [0, 0.1) is 11.3 Å². The average Bonchev–Trinajstić information content (AvgIpc) is 2.95. The van der Waals surface area contributed by atoms with Crippen LogP contribution in [0.15, 0.2) is 30.0 Å². The number of fused-ring (bicyclic) bond motifs is 1. The number of benzene rings is 1. The Hall–Kier alpha value is -3.01. The first-order valence-electron chi connectivity index (χ1n) is 8.22. The van der Waals surface area contributed by atoms with E-state index in [9.17, 15) is 14.9 Å². The maximum Gasteiger partial charge on any atom is 0.303 e. The highest BCUT2D eigenvalue weighted by Gasteiger charge is 2.50. The third kappa shape index (κ3) is 2.99. The van der Waals surface area contributed by atoms with Crippen LogP contribution in [0.5, 0.6) is 5.75 Å². The van der Waals surface area contributed by atoms with Crippen molar-refractivity contribution >= 4 is 11.9 Å². The molecule has 0 saturated heterocycles. The molecule has 3 rings (SSSR count). The van der Waals surface area contributed by atoms with Crippen molar-refractivity contribution < 1.29 is 23.8 Å². The highest BCUT2D eigenvalue weighted by molar-refractivity contribution is 5.91. The van der Waals surface area contributed by atoms with Crippen molar-refractivity contribution in [3.8, 4) is 11.8 Å². The molecular weight excluding hydrogens is 336 g/mol. The molecule has 0 spiro atoms. The number of rotatable bonds is 3. The Morgan fingerprint density at radius 2 is 2.15 bits per heavy atom. The molecule has 1 amide bonds. The molecule has 2 aliphatic heterocycles. The molecule has 2 unspecified atom stereocenters. The highest BCUT2D eigenvalue weighted by Crippen LogP contribution is 2.45. The van der Waals surface area contributed by atoms with E-state index in [0.717, 1.165) is 0 Å². The molecule has 2 atom stereocenters. The fourth-order valence-corrected chi connectivity index (χ4v) is 3.41. The van der Waals surface area contributed by atoms with E-state index < -0.39 is 23.7 Å². The van der Waals surface area contributed by atoms with Crippen molar-refractivity contribution in [1.82, 2.24) is 4.90 Å². The van der Waals surface area contributed by atoms with Gasteiger partial charge in [-0.1, -0.05) is 0 Å². The van der Waals surface area contributed by atoms with Gasteiger partial charge in [0.2, 0.25) is 0 Å². The molecule has 2 heterocycles. The maximum absolute atomic E-state index is 12.6.